The van der Waals surface area contributed by atoms with Crippen molar-refractivity contribution in [1.82, 2.24) is 4.90 Å². The first-order valence-electron chi connectivity index (χ1n) is 7.28. The molecule has 2 aliphatic heterocycles. The SMILES string of the molecule is C[C@@H]1[C@H](C)N(Cc2cc(Cl)cc3c2OCC3)CCS1(=O)=O. The monoisotopic (exact) mass is 329 g/mol. The molecule has 0 spiro atoms. The van der Waals surface area contributed by atoms with Crippen LogP contribution in [0, 0.1) is 0 Å². The second-order valence-corrected chi connectivity index (χ2v) is 8.85. The maximum atomic E-state index is 12.0. The second-order valence-electron chi connectivity index (χ2n) is 5.93. The van der Waals surface area contributed by atoms with Crippen molar-refractivity contribution in [3.63, 3.8) is 0 Å². The fourth-order valence-electron chi connectivity index (χ4n) is 3.14. The zero-order valence-electron chi connectivity index (χ0n) is 12.3. The van der Waals surface area contributed by atoms with Crippen LogP contribution in [0.5, 0.6) is 5.75 Å². The minimum absolute atomic E-state index is 0.000199. The molecule has 2 atom stereocenters. The van der Waals surface area contributed by atoms with E-state index in [1.54, 1.807) is 6.92 Å². The number of benzene rings is 1. The van der Waals surface area contributed by atoms with E-state index in [0.717, 1.165) is 28.3 Å². The number of nitrogens with zero attached hydrogens (tertiary/aromatic N) is 1. The predicted octanol–water partition coefficient (Wildman–Crippen LogP) is 2.28. The molecule has 116 valence electrons. The van der Waals surface area contributed by atoms with E-state index in [-0.39, 0.29) is 17.0 Å². The zero-order valence-corrected chi connectivity index (χ0v) is 13.9. The van der Waals surface area contributed by atoms with Crippen molar-refractivity contribution >= 4 is 21.4 Å². The van der Waals surface area contributed by atoms with Gasteiger partial charge in [-0.25, -0.2) is 8.42 Å². The van der Waals surface area contributed by atoms with Crippen LogP contribution in [0.4, 0.5) is 0 Å². The third-order valence-electron chi connectivity index (χ3n) is 4.68. The molecule has 2 heterocycles. The molecule has 1 fully saturated rings. The average molecular weight is 330 g/mol. The van der Waals surface area contributed by atoms with Crippen molar-refractivity contribution in [2.75, 3.05) is 18.9 Å². The van der Waals surface area contributed by atoms with Gasteiger partial charge in [-0.1, -0.05) is 11.6 Å². The summed E-state index contributed by atoms with van der Waals surface area (Å²) in [5.41, 5.74) is 2.22. The molecule has 0 aliphatic carbocycles. The number of halogens is 1. The van der Waals surface area contributed by atoms with E-state index in [4.69, 9.17) is 16.3 Å². The van der Waals surface area contributed by atoms with E-state index in [2.05, 4.69) is 4.90 Å². The van der Waals surface area contributed by atoms with Gasteiger partial charge >= 0.3 is 0 Å². The Morgan fingerprint density at radius 1 is 1.38 bits per heavy atom. The Hall–Kier alpha value is -0.780. The lowest BCUT2D eigenvalue weighted by Crippen LogP contribution is -2.51. The highest BCUT2D eigenvalue weighted by Crippen LogP contribution is 2.34. The predicted molar refractivity (Wildman–Crippen MR) is 83.8 cm³/mol. The van der Waals surface area contributed by atoms with Crippen LogP contribution >= 0.6 is 11.6 Å². The maximum absolute atomic E-state index is 12.0. The lowest BCUT2D eigenvalue weighted by Gasteiger charge is -2.37. The summed E-state index contributed by atoms with van der Waals surface area (Å²) in [4.78, 5) is 2.21. The molecule has 2 aliphatic rings. The summed E-state index contributed by atoms with van der Waals surface area (Å²) in [6.45, 7) is 5.72. The molecule has 1 aromatic rings. The Morgan fingerprint density at radius 3 is 2.90 bits per heavy atom. The van der Waals surface area contributed by atoms with Crippen LogP contribution in [0.3, 0.4) is 0 Å². The fraction of sp³-hybridized carbons (Fsp3) is 0.600. The standard InChI is InChI=1S/C15H20ClNO3S/c1-10-11(2)21(18,19)6-4-17(10)9-13-8-14(16)7-12-3-5-20-15(12)13/h7-8,10-11H,3-6,9H2,1-2H3/t10-,11+/m0/s1. The van der Waals surface area contributed by atoms with E-state index in [9.17, 15) is 8.42 Å². The van der Waals surface area contributed by atoms with Gasteiger partial charge in [0.25, 0.3) is 0 Å². The molecule has 1 saturated heterocycles. The van der Waals surface area contributed by atoms with Crippen LogP contribution in [0.1, 0.15) is 25.0 Å². The van der Waals surface area contributed by atoms with Crippen LogP contribution in [0.2, 0.25) is 5.02 Å². The number of ether oxygens (including phenoxy) is 1. The minimum Gasteiger partial charge on any atom is -0.493 e. The highest BCUT2D eigenvalue weighted by atomic mass is 35.5. The van der Waals surface area contributed by atoms with Gasteiger partial charge in [0.2, 0.25) is 0 Å². The van der Waals surface area contributed by atoms with Gasteiger partial charge in [-0.3, -0.25) is 4.90 Å². The van der Waals surface area contributed by atoms with Crippen molar-refractivity contribution in [2.45, 2.75) is 38.1 Å². The normalized spacial score (nSPS) is 28.1. The summed E-state index contributed by atoms with van der Waals surface area (Å²) in [6, 6.07) is 3.89. The largest absolute Gasteiger partial charge is 0.493 e. The molecule has 6 heteroatoms. The van der Waals surface area contributed by atoms with E-state index >= 15 is 0 Å². The molecule has 4 nitrogen and oxygen atoms in total. The molecule has 3 rings (SSSR count). The van der Waals surface area contributed by atoms with Crippen molar-refractivity contribution < 1.29 is 13.2 Å². The Balaban J connectivity index is 1.85. The van der Waals surface area contributed by atoms with Crippen molar-refractivity contribution in [1.29, 1.82) is 0 Å². The number of rotatable bonds is 2. The Morgan fingerprint density at radius 2 is 2.14 bits per heavy atom. The molecular formula is C15H20ClNO3S. The molecule has 0 bridgehead atoms. The van der Waals surface area contributed by atoms with Crippen molar-refractivity contribution in [3.8, 4) is 5.75 Å². The number of sulfone groups is 1. The highest BCUT2D eigenvalue weighted by molar-refractivity contribution is 7.92. The van der Waals surface area contributed by atoms with Gasteiger partial charge in [-0.05, 0) is 31.5 Å². The van der Waals surface area contributed by atoms with Crippen molar-refractivity contribution in [3.05, 3.63) is 28.3 Å². The highest BCUT2D eigenvalue weighted by Gasteiger charge is 2.36. The van der Waals surface area contributed by atoms with Crippen LogP contribution in [0.25, 0.3) is 0 Å². The molecule has 0 radical (unpaired) electrons. The summed E-state index contributed by atoms with van der Waals surface area (Å²) in [5, 5.41) is 0.388. The summed E-state index contributed by atoms with van der Waals surface area (Å²) >= 11 is 6.19. The molecule has 0 aromatic heterocycles. The fourth-order valence-corrected chi connectivity index (χ4v) is 5.03. The first-order chi connectivity index (χ1) is 9.88. The zero-order chi connectivity index (χ0) is 15.2. The molecule has 0 amide bonds. The Labute approximate surface area is 131 Å². The molecule has 1 aromatic carbocycles. The van der Waals surface area contributed by atoms with E-state index in [1.807, 2.05) is 19.1 Å². The quantitative estimate of drug-likeness (QED) is 0.835. The summed E-state index contributed by atoms with van der Waals surface area (Å²) < 4.78 is 29.6. The minimum atomic E-state index is -2.95. The number of fused-ring (bicyclic) bond motifs is 1. The average Bonchev–Trinajstić information content (AvgIpc) is 2.88. The van der Waals surface area contributed by atoms with Gasteiger partial charge in [0.1, 0.15) is 5.75 Å². The first kappa shape index (κ1) is 15.1. The van der Waals surface area contributed by atoms with Crippen LogP contribution in [-0.2, 0) is 22.8 Å². The maximum Gasteiger partial charge on any atom is 0.155 e. The number of hydrogen-bond donors (Lipinski definition) is 0. The van der Waals surface area contributed by atoms with Gasteiger partial charge in [0.15, 0.2) is 9.84 Å². The van der Waals surface area contributed by atoms with Crippen LogP contribution in [-0.4, -0.2) is 43.5 Å². The molecular weight excluding hydrogens is 310 g/mol. The van der Waals surface area contributed by atoms with Gasteiger partial charge in [0.05, 0.1) is 17.6 Å². The topological polar surface area (TPSA) is 46.6 Å². The smallest absolute Gasteiger partial charge is 0.155 e. The van der Waals surface area contributed by atoms with Gasteiger partial charge in [-0.15, -0.1) is 0 Å². The van der Waals surface area contributed by atoms with Crippen LogP contribution in [0.15, 0.2) is 12.1 Å². The van der Waals surface area contributed by atoms with Crippen molar-refractivity contribution in [2.24, 2.45) is 0 Å². The van der Waals surface area contributed by atoms with Gasteiger partial charge < -0.3 is 4.74 Å². The van der Waals surface area contributed by atoms with Gasteiger partial charge in [0, 0.05) is 36.1 Å². The third kappa shape index (κ3) is 2.79. The number of hydrogen-bond acceptors (Lipinski definition) is 4. The Bertz CT molecular complexity index is 659. The van der Waals surface area contributed by atoms with E-state index < -0.39 is 9.84 Å². The van der Waals surface area contributed by atoms with E-state index in [1.165, 1.54) is 0 Å². The summed E-state index contributed by atoms with van der Waals surface area (Å²) in [5.74, 6) is 1.16. The Kier molecular flexibility index (Phi) is 3.93. The summed E-state index contributed by atoms with van der Waals surface area (Å²) in [7, 11) is -2.95. The molecule has 0 N–H and O–H groups in total. The second kappa shape index (κ2) is 5.45. The summed E-state index contributed by atoms with van der Waals surface area (Å²) in [6.07, 6.45) is 0.892. The lowest BCUT2D eigenvalue weighted by atomic mass is 10.1. The van der Waals surface area contributed by atoms with Gasteiger partial charge in [-0.2, -0.15) is 0 Å². The lowest BCUT2D eigenvalue weighted by molar-refractivity contribution is 0.195. The third-order valence-corrected chi connectivity index (χ3v) is 7.18. The molecule has 21 heavy (non-hydrogen) atoms. The first-order valence-corrected chi connectivity index (χ1v) is 9.37. The van der Waals surface area contributed by atoms with Crippen LogP contribution < -0.4 is 4.74 Å². The molecule has 0 unspecified atom stereocenters. The van der Waals surface area contributed by atoms with E-state index in [0.29, 0.717) is 19.7 Å². The molecule has 0 saturated carbocycles.